The number of amides is 2. The van der Waals surface area contributed by atoms with Gasteiger partial charge in [-0.25, -0.2) is 4.79 Å². The third kappa shape index (κ3) is 4.40. The number of hydrogen-bond donors (Lipinski definition) is 0. The summed E-state index contributed by atoms with van der Waals surface area (Å²) in [7, 11) is 1.62. The van der Waals surface area contributed by atoms with Crippen molar-refractivity contribution in [3.8, 4) is 0 Å². The summed E-state index contributed by atoms with van der Waals surface area (Å²) in [5, 5.41) is -0.0483. The molecule has 1 fully saturated rings. The van der Waals surface area contributed by atoms with Crippen molar-refractivity contribution in [2.45, 2.75) is 0 Å². The lowest BCUT2D eigenvalue weighted by Crippen LogP contribution is -2.35. The molecule has 0 unspecified atom stereocenters. The lowest BCUT2D eigenvalue weighted by Gasteiger charge is -2.17. The second kappa shape index (κ2) is 7.34. The van der Waals surface area contributed by atoms with Crippen molar-refractivity contribution in [1.29, 1.82) is 0 Å². The van der Waals surface area contributed by atoms with Crippen LogP contribution in [-0.4, -0.2) is 66.6 Å². The zero-order valence-electron chi connectivity index (χ0n) is 10.1. The van der Waals surface area contributed by atoms with E-state index in [1.165, 1.54) is 17.8 Å². The Balaban J connectivity index is 2.25. The van der Waals surface area contributed by atoms with E-state index < -0.39 is 0 Å². The van der Waals surface area contributed by atoms with Crippen molar-refractivity contribution in [3.63, 3.8) is 0 Å². The third-order valence-corrected chi connectivity index (χ3v) is 3.36. The lowest BCUT2D eigenvalue weighted by molar-refractivity contribution is -0.107. The quantitative estimate of drug-likeness (QED) is 0.634. The molecule has 2 amide bonds. The first-order valence-electron chi connectivity index (χ1n) is 5.51. The molecule has 1 heterocycles. The predicted octanol–water partition coefficient (Wildman–Crippen LogP) is 0.816. The van der Waals surface area contributed by atoms with Crippen LogP contribution in [0.5, 0.6) is 0 Å². The number of methoxy groups -OCH3 is 1. The minimum atomic E-state index is -0.0483. The maximum absolute atomic E-state index is 11.8. The van der Waals surface area contributed by atoms with E-state index in [1.54, 1.807) is 16.9 Å². The van der Waals surface area contributed by atoms with Crippen LogP contribution in [-0.2, 0) is 9.53 Å². The van der Waals surface area contributed by atoms with Crippen molar-refractivity contribution < 1.29 is 14.3 Å². The molecule has 1 aliphatic rings. The van der Waals surface area contributed by atoms with Crippen LogP contribution in [0.2, 0.25) is 0 Å². The summed E-state index contributed by atoms with van der Waals surface area (Å²) in [4.78, 5) is 26.4. The van der Waals surface area contributed by atoms with Crippen molar-refractivity contribution in [2.24, 2.45) is 0 Å². The summed E-state index contributed by atoms with van der Waals surface area (Å²) in [6.07, 6.45) is 1.29. The molecule has 0 N–H and O–H groups in total. The summed E-state index contributed by atoms with van der Waals surface area (Å²) in [6, 6.07) is 0.0358. The molecular formula is C11H18N2O3S. The third-order valence-electron chi connectivity index (χ3n) is 2.52. The van der Waals surface area contributed by atoms with Crippen LogP contribution >= 0.6 is 11.8 Å². The first-order chi connectivity index (χ1) is 8.19. The average Bonchev–Trinajstić information content (AvgIpc) is 2.68. The van der Waals surface area contributed by atoms with E-state index in [2.05, 4.69) is 6.58 Å². The van der Waals surface area contributed by atoms with Gasteiger partial charge in [-0.3, -0.25) is 4.79 Å². The lowest BCUT2D eigenvalue weighted by atomic mass is 10.5. The van der Waals surface area contributed by atoms with E-state index >= 15 is 0 Å². The molecule has 17 heavy (non-hydrogen) atoms. The van der Waals surface area contributed by atoms with Crippen LogP contribution in [0.4, 0.5) is 4.79 Å². The first kappa shape index (κ1) is 14.1. The van der Waals surface area contributed by atoms with E-state index in [1.807, 2.05) is 0 Å². The van der Waals surface area contributed by atoms with Crippen molar-refractivity contribution in [2.75, 3.05) is 45.6 Å². The van der Waals surface area contributed by atoms with Gasteiger partial charge in [0.15, 0.2) is 0 Å². The predicted molar refractivity (Wildman–Crippen MR) is 68.1 cm³/mol. The fourth-order valence-corrected chi connectivity index (χ4v) is 2.20. The number of carbonyl (C=O) groups excluding carboxylic acids is 2. The molecule has 0 spiro atoms. The SMILES string of the molecule is C=CC(=O)SCCN1CCN(CCOC)C1=O. The summed E-state index contributed by atoms with van der Waals surface area (Å²) in [5.41, 5.74) is 0. The Morgan fingerprint density at radius 1 is 1.47 bits per heavy atom. The Morgan fingerprint density at radius 3 is 2.71 bits per heavy atom. The van der Waals surface area contributed by atoms with Crippen LogP contribution in [0, 0.1) is 0 Å². The highest BCUT2D eigenvalue weighted by molar-refractivity contribution is 8.14. The Morgan fingerprint density at radius 2 is 2.12 bits per heavy atom. The van der Waals surface area contributed by atoms with Crippen LogP contribution in [0.25, 0.3) is 0 Å². The Kier molecular flexibility index (Phi) is 6.07. The molecule has 0 aromatic carbocycles. The Labute approximate surface area is 106 Å². The van der Waals surface area contributed by atoms with Crippen LogP contribution in [0.15, 0.2) is 12.7 Å². The molecule has 1 saturated heterocycles. The maximum Gasteiger partial charge on any atom is 0.320 e. The number of nitrogens with zero attached hydrogens (tertiary/aromatic N) is 2. The fraction of sp³-hybridized carbons (Fsp3) is 0.636. The number of hydrogen-bond acceptors (Lipinski definition) is 4. The van der Waals surface area contributed by atoms with Crippen molar-refractivity contribution >= 4 is 22.9 Å². The standard InChI is InChI=1S/C11H18N2O3S/c1-3-10(14)17-9-7-13-5-4-12(11(13)15)6-8-16-2/h3H,1,4-9H2,2H3. The van der Waals surface area contributed by atoms with Gasteiger partial charge in [-0.05, 0) is 6.08 Å². The zero-order valence-corrected chi connectivity index (χ0v) is 10.9. The molecule has 0 bridgehead atoms. The number of urea groups is 1. The smallest absolute Gasteiger partial charge is 0.320 e. The number of ether oxygens (including phenoxy) is 1. The van der Waals surface area contributed by atoms with Gasteiger partial charge in [0.05, 0.1) is 6.61 Å². The minimum absolute atomic E-state index is 0.0358. The highest BCUT2D eigenvalue weighted by atomic mass is 32.2. The van der Waals surface area contributed by atoms with Gasteiger partial charge in [-0.1, -0.05) is 18.3 Å². The van der Waals surface area contributed by atoms with Gasteiger partial charge >= 0.3 is 6.03 Å². The van der Waals surface area contributed by atoms with Gasteiger partial charge in [0.25, 0.3) is 0 Å². The van der Waals surface area contributed by atoms with E-state index in [-0.39, 0.29) is 11.1 Å². The fourth-order valence-electron chi connectivity index (χ4n) is 1.56. The zero-order chi connectivity index (χ0) is 12.7. The highest BCUT2D eigenvalue weighted by Crippen LogP contribution is 2.10. The summed E-state index contributed by atoms with van der Waals surface area (Å²) < 4.78 is 4.94. The minimum Gasteiger partial charge on any atom is -0.383 e. The van der Waals surface area contributed by atoms with Gasteiger partial charge in [0.2, 0.25) is 5.12 Å². The summed E-state index contributed by atoms with van der Waals surface area (Å²) in [5.74, 6) is 0.620. The van der Waals surface area contributed by atoms with Gasteiger partial charge < -0.3 is 14.5 Å². The number of thioether (sulfide) groups is 1. The highest BCUT2D eigenvalue weighted by Gasteiger charge is 2.27. The molecule has 0 saturated carbocycles. The first-order valence-corrected chi connectivity index (χ1v) is 6.49. The molecule has 1 aliphatic heterocycles. The van der Waals surface area contributed by atoms with Crippen molar-refractivity contribution in [1.82, 2.24) is 9.80 Å². The van der Waals surface area contributed by atoms with Gasteiger partial charge in [0.1, 0.15) is 0 Å². The molecule has 0 aromatic rings. The van der Waals surface area contributed by atoms with Crippen LogP contribution < -0.4 is 0 Å². The largest absolute Gasteiger partial charge is 0.383 e. The molecule has 6 heteroatoms. The molecule has 0 radical (unpaired) electrons. The molecular weight excluding hydrogens is 240 g/mol. The van der Waals surface area contributed by atoms with Gasteiger partial charge in [-0.15, -0.1) is 0 Å². The number of carbonyl (C=O) groups is 2. The van der Waals surface area contributed by atoms with Crippen LogP contribution in [0.1, 0.15) is 0 Å². The summed E-state index contributed by atoms with van der Waals surface area (Å²) >= 11 is 1.19. The normalized spacial score (nSPS) is 15.5. The molecule has 5 nitrogen and oxygen atoms in total. The molecule has 0 aliphatic carbocycles. The molecule has 0 atom stereocenters. The maximum atomic E-state index is 11.8. The summed E-state index contributed by atoms with van der Waals surface area (Å²) in [6.45, 7) is 6.66. The van der Waals surface area contributed by atoms with Crippen molar-refractivity contribution in [3.05, 3.63) is 12.7 Å². The van der Waals surface area contributed by atoms with E-state index in [9.17, 15) is 9.59 Å². The molecule has 0 aromatic heterocycles. The average molecular weight is 258 g/mol. The Hall–Kier alpha value is -1.01. The van der Waals surface area contributed by atoms with Gasteiger partial charge in [-0.2, -0.15) is 0 Å². The topological polar surface area (TPSA) is 49.9 Å². The second-order valence-corrected chi connectivity index (χ2v) is 4.72. The number of rotatable bonds is 7. The molecule has 1 rings (SSSR count). The Bertz CT molecular complexity index is 296. The van der Waals surface area contributed by atoms with E-state index in [0.717, 1.165) is 13.1 Å². The van der Waals surface area contributed by atoms with Crippen LogP contribution in [0.3, 0.4) is 0 Å². The van der Waals surface area contributed by atoms with E-state index in [4.69, 9.17) is 4.74 Å². The second-order valence-electron chi connectivity index (χ2n) is 3.62. The van der Waals surface area contributed by atoms with Gasteiger partial charge in [0, 0.05) is 39.0 Å². The molecule has 96 valence electrons. The monoisotopic (exact) mass is 258 g/mol. The van der Waals surface area contributed by atoms with E-state index in [0.29, 0.717) is 25.4 Å².